The van der Waals surface area contributed by atoms with E-state index in [1.165, 1.54) is 51.7 Å². The minimum absolute atomic E-state index is 0.0112. The van der Waals surface area contributed by atoms with E-state index >= 15 is 0 Å². The molecule has 1 N–H and O–H groups in total. The molecule has 0 atom stereocenters. The number of ether oxygens (including phenoxy) is 3. The Kier molecular flexibility index (Phi) is 5.41. The van der Waals surface area contributed by atoms with Gasteiger partial charge >= 0.3 is 6.18 Å². The number of para-hydroxylation sites is 1. The third-order valence-electron chi connectivity index (χ3n) is 3.43. The van der Waals surface area contributed by atoms with Gasteiger partial charge in [-0.05, 0) is 12.1 Å². The molecule has 0 aliphatic rings. The Hall–Kier alpha value is -2.90. The normalized spacial score (nSPS) is 11.0. The summed E-state index contributed by atoms with van der Waals surface area (Å²) in [5, 5.41) is 2.26. The molecule has 0 unspecified atom stereocenters. The van der Waals surface area contributed by atoms with Crippen LogP contribution < -0.4 is 19.5 Å². The number of methoxy groups -OCH3 is 3. The highest BCUT2D eigenvalue weighted by atomic mass is 19.4. The minimum atomic E-state index is -4.59. The number of hydrogen-bond acceptors (Lipinski definition) is 4. The standard InChI is InChI=1S/C17H16F3NO4/c1-23-13-9-15(25-3)14(24-2)8-10(13)16(22)21-12-7-5-4-6-11(12)17(18,19)20/h4-9H,1-3H3,(H,21,22). The second-order valence-corrected chi connectivity index (χ2v) is 4.90. The Morgan fingerprint density at radius 2 is 1.48 bits per heavy atom. The maximum absolute atomic E-state index is 13.1. The Balaban J connectivity index is 2.43. The molecule has 2 aromatic carbocycles. The molecule has 0 saturated carbocycles. The number of nitrogens with one attached hydrogen (secondary N) is 1. The van der Waals surface area contributed by atoms with Gasteiger partial charge in [0.15, 0.2) is 11.5 Å². The fourth-order valence-corrected chi connectivity index (χ4v) is 2.24. The van der Waals surface area contributed by atoms with Gasteiger partial charge in [-0.2, -0.15) is 13.2 Å². The molecule has 1 amide bonds. The van der Waals surface area contributed by atoms with Crippen molar-refractivity contribution >= 4 is 11.6 Å². The number of carbonyl (C=O) groups is 1. The number of hydrogen-bond donors (Lipinski definition) is 1. The number of halogens is 3. The first-order valence-electron chi connectivity index (χ1n) is 7.09. The third-order valence-corrected chi connectivity index (χ3v) is 3.43. The first kappa shape index (κ1) is 18.4. The highest BCUT2D eigenvalue weighted by Crippen LogP contribution is 2.37. The van der Waals surface area contributed by atoms with E-state index in [9.17, 15) is 18.0 Å². The maximum Gasteiger partial charge on any atom is 0.418 e. The summed E-state index contributed by atoms with van der Waals surface area (Å²) in [4.78, 5) is 12.5. The number of carbonyl (C=O) groups excluding carboxylic acids is 1. The van der Waals surface area contributed by atoms with Gasteiger partial charge in [0, 0.05) is 12.1 Å². The number of anilines is 1. The number of benzene rings is 2. The topological polar surface area (TPSA) is 56.8 Å². The van der Waals surface area contributed by atoms with E-state index < -0.39 is 17.6 Å². The van der Waals surface area contributed by atoms with E-state index in [-0.39, 0.29) is 22.7 Å². The molecule has 2 aromatic rings. The van der Waals surface area contributed by atoms with Gasteiger partial charge in [0.25, 0.3) is 5.91 Å². The van der Waals surface area contributed by atoms with E-state index in [4.69, 9.17) is 14.2 Å². The van der Waals surface area contributed by atoms with Crippen LogP contribution in [0.3, 0.4) is 0 Å². The average molecular weight is 355 g/mol. The van der Waals surface area contributed by atoms with Crippen molar-refractivity contribution in [3.05, 3.63) is 47.5 Å². The van der Waals surface area contributed by atoms with Crippen LogP contribution in [0.15, 0.2) is 36.4 Å². The van der Waals surface area contributed by atoms with Crippen LogP contribution in [0.2, 0.25) is 0 Å². The van der Waals surface area contributed by atoms with Gasteiger partial charge in [0.1, 0.15) is 5.75 Å². The first-order chi connectivity index (χ1) is 11.8. The predicted octanol–water partition coefficient (Wildman–Crippen LogP) is 3.98. The van der Waals surface area contributed by atoms with E-state index in [2.05, 4.69) is 5.32 Å². The second-order valence-electron chi connectivity index (χ2n) is 4.90. The molecule has 2 rings (SSSR count). The molecule has 25 heavy (non-hydrogen) atoms. The van der Waals surface area contributed by atoms with Gasteiger partial charge in [-0.1, -0.05) is 12.1 Å². The lowest BCUT2D eigenvalue weighted by Crippen LogP contribution is -2.17. The van der Waals surface area contributed by atoms with Crippen molar-refractivity contribution in [2.24, 2.45) is 0 Å². The lowest BCUT2D eigenvalue weighted by Gasteiger charge is -2.16. The van der Waals surface area contributed by atoms with Gasteiger partial charge in [0.2, 0.25) is 0 Å². The summed E-state index contributed by atoms with van der Waals surface area (Å²) < 4.78 is 54.5. The summed E-state index contributed by atoms with van der Waals surface area (Å²) in [6, 6.07) is 7.47. The quantitative estimate of drug-likeness (QED) is 0.881. The van der Waals surface area contributed by atoms with Crippen molar-refractivity contribution in [1.82, 2.24) is 0 Å². The zero-order valence-corrected chi connectivity index (χ0v) is 13.7. The molecule has 8 heteroatoms. The van der Waals surface area contributed by atoms with Crippen molar-refractivity contribution in [1.29, 1.82) is 0 Å². The van der Waals surface area contributed by atoms with E-state index in [0.29, 0.717) is 5.75 Å². The fraction of sp³-hybridized carbons (Fsp3) is 0.235. The van der Waals surface area contributed by atoms with Gasteiger partial charge in [-0.15, -0.1) is 0 Å². The van der Waals surface area contributed by atoms with Crippen LogP contribution in [0.5, 0.6) is 17.2 Å². The summed E-state index contributed by atoms with van der Waals surface area (Å²) >= 11 is 0. The Bertz CT molecular complexity index is 775. The lowest BCUT2D eigenvalue weighted by molar-refractivity contribution is -0.136. The van der Waals surface area contributed by atoms with Crippen LogP contribution in [0.1, 0.15) is 15.9 Å². The third kappa shape index (κ3) is 3.96. The van der Waals surface area contributed by atoms with Crippen LogP contribution in [0.25, 0.3) is 0 Å². The zero-order valence-electron chi connectivity index (χ0n) is 13.7. The summed E-state index contributed by atoms with van der Waals surface area (Å²) in [5.41, 5.74) is -1.28. The fourth-order valence-electron chi connectivity index (χ4n) is 2.24. The van der Waals surface area contributed by atoms with E-state index in [0.717, 1.165) is 6.07 Å². The van der Waals surface area contributed by atoms with E-state index in [1.54, 1.807) is 0 Å². The van der Waals surface area contributed by atoms with Crippen LogP contribution in [0.4, 0.5) is 18.9 Å². The molecular weight excluding hydrogens is 339 g/mol. The molecule has 0 radical (unpaired) electrons. The smallest absolute Gasteiger partial charge is 0.418 e. The SMILES string of the molecule is COc1cc(OC)c(C(=O)Nc2ccccc2C(F)(F)F)cc1OC. The molecule has 0 bridgehead atoms. The van der Waals surface area contributed by atoms with Crippen LogP contribution in [0, 0.1) is 0 Å². The monoisotopic (exact) mass is 355 g/mol. The van der Waals surface area contributed by atoms with Gasteiger partial charge < -0.3 is 19.5 Å². The van der Waals surface area contributed by atoms with Crippen molar-refractivity contribution in [2.45, 2.75) is 6.18 Å². The Morgan fingerprint density at radius 1 is 0.920 bits per heavy atom. The van der Waals surface area contributed by atoms with Crippen LogP contribution in [-0.2, 0) is 6.18 Å². The molecule has 0 aliphatic heterocycles. The first-order valence-corrected chi connectivity index (χ1v) is 7.09. The van der Waals surface area contributed by atoms with Crippen molar-refractivity contribution in [2.75, 3.05) is 26.6 Å². The lowest BCUT2D eigenvalue weighted by atomic mass is 10.1. The van der Waals surface area contributed by atoms with E-state index in [1.807, 2.05) is 0 Å². The van der Waals surface area contributed by atoms with Crippen LogP contribution in [-0.4, -0.2) is 27.2 Å². The minimum Gasteiger partial charge on any atom is -0.496 e. The van der Waals surface area contributed by atoms with Crippen molar-refractivity contribution < 1.29 is 32.2 Å². The maximum atomic E-state index is 13.1. The molecule has 0 fully saturated rings. The number of alkyl halides is 3. The zero-order chi connectivity index (χ0) is 18.6. The largest absolute Gasteiger partial charge is 0.496 e. The average Bonchev–Trinajstić information content (AvgIpc) is 2.59. The molecule has 0 spiro atoms. The van der Waals surface area contributed by atoms with Gasteiger partial charge in [-0.3, -0.25) is 4.79 Å². The number of rotatable bonds is 5. The molecule has 0 saturated heterocycles. The van der Waals surface area contributed by atoms with Gasteiger partial charge in [-0.25, -0.2) is 0 Å². The molecular formula is C17H16F3NO4. The number of amides is 1. The Labute approximate surface area is 142 Å². The van der Waals surface area contributed by atoms with Gasteiger partial charge in [0.05, 0.1) is 38.1 Å². The second kappa shape index (κ2) is 7.33. The summed E-state index contributed by atoms with van der Waals surface area (Å²) in [7, 11) is 4.13. The predicted molar refractivity (Wildman–Crippen MR) is 85.5 cm³/mol. The highest BCUT2D eigenvalue weighted by molar-refractivity contribution is 6.07. The highest BCUT2D eigenvalue weighted by Gasteiger charge is 2.33. The molecule has 134 valence electrons. The summed E-state index contributed by atoms with van der Waals surface area (Å²) in [6.07, 6.45) is -4.59. The molecule has 0 heterocycles. The molecule has 0 aliphatic carbocycles. The molecule has 0 aromatic heterocycles. The molecule has 5 nitrogen and oxygen atoms in total. The van der Waals surface area contributed by atoms with Crippen molar-refractivity contribution in [3.63, 3.8) is 0 Å². The summed E-state index contributed by atoms with van der Waals surface area (Å²) in [6.45, 7) is 0. The van der Waals surface area contributed by atoms with Crippen molar-refractivity contribution in [3.8, 4) is 17.2 Å². The Morgan fingerprint density at radius 3 is 2.04 bits per heavy atom. The van der Waals surface area contributed by atoms with Crippen LogP contribution >= 0.6 is 0 Å². The summed E-state index contributed by atoms with van der Waals surface area (Å²) in [5.74, 6) is -0.0571.